The van der Waals surface area contributed by atoms with Crippen molar-refractivity contribution in [2.24, 2.45) is 5.73 Å². The second-order valence-corrected chi connectivity index (χ2v) is 10.4. The van der Waals surface area contributed by atoms with Gasteiger partial charge in [0.1, 0.15) is 16.9 Å². The predicted molar refractivity (Wildman–Crippen MR) is 106 cm³/mol. The van der Waals surface area contributed by atoms with Gasteiger partial charge in [-0.25, -0.2) is 4.79 Å². The zero-order chi connectivity index (χ0) is 21.8. The molecule has 2 saturated heterocycles. The topological polar surface area (TPSA) is 139 Å². The lowest BCUT2D eigenvalue weighted by molar-refractivity contribution is -0.153. The van der Waals surface area contributed by atoms with Crippen molar-refractivity contribution in [3.05, 3.63) is 0 Å². The standard InChI is InChI=1S/C16H29BrN3O8P/c1-5-26-29(23,27-6-2)9-25-8-11-10(18)7-12(28-11)20-14(24-4)16(3,17)13(21)19-15(20)22/h10-12,14H,5-9,18H2,1-4H3,(H,19,21,22). The van der Waals surface area contributed by atoms with Gasteiger partial charge in [-0.2, -0.15) is 0 Å². The largest absolute Gasteiger partial charge is 0.366 e. The molecule has 5 unspecified atom stereocenters. The number of amides is 3. The number of urea groups is 1. The molecule has 2 rings (SSSR count). The highest BCUT2D eigenvalue weighted by Gasteiger charge is 2.54. The van der Waals surface area contributed by atoms with Gasteiger partial charge >= 0.3 is 13.6 Å². The molecule has 3 N–H and O–H groups in total. The first-order valence-electron chi connectivity index (χ1n) is 9.32. The van der Waals surface area contributed by atoms with Gasteiger partial charge in [-0.3, -0.25) is 19.6 Å². The summed E-state index contributed by atoms with van der Waals surface area (Å²) in [7, 11) is -1.94. The van der Waals surface area contributed by atoms with Gasteiger partial charge in [0.15, 0.2) is 6.23 Å². The number of ether oxygens (including phenoxy) is 3. The van der Waals surface area contributed by atoms with Crippen LogP contribution in [0.2, 0.25) is 0 Å². The Balaban J connectivity index is 2.00. The van der Waals surface area contributed by atoms with Crippen molar-refractivity contribution in [1.29, 1.82) is 0 Å². The molecule has 2 fully saturated rings. The van der Waals surface area contributed by atoms with Crippen LogP contribution in [0.1, 0.15) is 27.2 Å². The number of methoxy groups -OCH3 is 1. The monoisotopic (exact) mass is 501 g/mol. The van der Waals surface area contributed by atoms with E-state index in [1.54, 1.807) is 20.8 Å². The molecular formula is C16H29BrN3O8P. The molecule has 13 heteroatoms. The molecule has 3 amide bonds. The van der Waals surface area contributed by atoms with E-state index in [9.17, 15) is 14.2 Å². The summed E-state index contributed by atoms with van der Waals surface area (Å²) >= 11 is 3.32. The maximum atomic E-state index is 12.5. The van der Waals surface area contributed by atoms with Gasteiger partial charge in [0.25, 0.3) is 0 Å². The van der Waals surface area contributed by atoms with Crippen LogP contribution in [0.3, 0.4) is 0 Å². The third-order valence-corrected chi connectivity index (χ3v) is 7.17. The second-order valence-electron chi connectivity index (χ2n) is 6.81. The highest BCUT2D eigenvalue weighted by molar-refractivity contribution is 9.10. The number of nitrogens with one attached hydrogen (secondary N) is 1. The molecule has 0 saturated carbocycles. The van der Waals surface area contributed by atoms with Crippen molar-refractivity contribution in [2.45, 2.75) is 56.1 Å². The number of imide groups is 1. The van der Waals surface area contributed by atoms with Crippen molar-refractivity contribution >= 4 is 35.5 Å². The van der Waals surface area contributed by atoms with Gasteiger partial charge in [0.05, 0.1) is 25.9 Å². The third kappa shape index (κ3) is 5.56. The molecule has 11 nitrogen and oxygen atoms in total. The quantitative estimate of drug-likeness (QED) is 0.335. The average molecular weight is 502 g/mol. The van der Waals surface area contributed by atoms with E-state index in [1.165, 1.54) is 12.0 Å². The SMILES string of the molecule is CCOP(=O)(COCC1OC(N2C(=O)NC(=O)C(C)(Br)C2OC)CC1N)OCC. The van der Waals surface area contributed by atoms with Crippen molar-refractivity contribution in [3.63, 3.8) is 0 Å². The van der Waals surface area contributed by atoms with Crippen LogP contribution < -0.4 is 11.1 Å². The number of nitrogens with two attached hydrogens (primary N) is 1. The number of hydrogen-bond acceptors (Lipinski definition) is 9. The van der Waals surface area contributed by atoms with E-state index in [4.69, 9.17) is 29.0 Å². The summed E-state index contributed by atoms with van der Waals surface area (Å²) < 4.78 is 38.5. The van der Waals surface area contributed by atoms with Crippen LogP contribution in [0, 0.1) is 0 Å². The molecule has 2 aliphatic heterocycles. The van der Waals surface area contributed by atoms with E-state index < -0.39 is 48.5 Å². The number of nitrogens with zero attached hydrogens (tertiary/aromatic N) is 1. The molecule has 168 valence electrons. The average Bonchev–Trinajstić information content (AvgIpc) is 2.98. The minimum Gasteiger partial charge on any atom is -0.366 e. The zero-order valence-corrected chi connectivity index (χ0v) is 19.4. The normalized spacial score (nSPS) is 33.2. The summed E-state index contributed by atoms with van der Waals surface area (Å²) in [6.07, 6.45) is -2.09. The fourth-order valence-electron chi connectivity index (χ4n) is 3.25. The van der Waals surface area contributed by atoms with Crippen molar-refractivity contribution in [2.75, 3.05) is 33.3 Å². The molecular weight excluding hydrogens is 473 g/mol. The molecule has 0 aliphatic carbocycles. The molecule has 5 atom stereocenters. The van der Waals surface area contributed by atoms with Gasteiger partial charge in [-0.15, -0.1) is 0 Å². The fraction of sp³-hybridized carbons (Fsp3) is 0.875. The molecule has 0 bridgehead atoms. The Labute approximate surface area is 178 Å². The van der Waals surface area contributed by atoms with Crippen LogP contribution >= 0.6 is 23.5 Å². The van der Waals surface area contributed by atoms with Crippen LogP contribution in [0.25, 0.3) is 0 Å². The molecule has 0 radical (unpaired) electrons. The minimum atomic E-state index is -3.34. The minimum absolute atomic E-state index is 0.0411. The Morgan fingerprint density at radius 1 is 1.34 bits per heavy atom. The van der Waals surface area contributed by atoms with Crippen LogP contribution in [0.4, 0.5) is 4.79 Å². The lowest BCUT2D eigenvalue weighted by Crippen LogP contribution is -2.69. The van der Waals surface area contributed by atoms with E-state index in [0.717, 1.165) is 0 Å². The van der Waals surface area contributed by atoms with E-state index in [1.807, 2.05) is 0 Å². The first-order chi connectivity index (χ1) is 13.6. The van der Waals surface area contributed by atoms with E-state index >= 15 is 0 Å². The number of alkyl halides is 1. The van der Waals surface area contributed by atoms with Gasteiger partial charge < -0.3 is 29.0 Å². The Hall–Kier alpha value is -0.590. The molecule has 0 aromatic rings. The maximum absolute atomic E-state index is 12.5. The summed E-state index contributed by atoms with van der Waals surface area (Å²) in [6, 6.07) is -1.07. The maximum Gasteiger partial charge on any atom is 0.356 e. The molecule has 2 aliphatic rings. The van der Waals surface area contributed by atoms with Gasteiger partial charge in [-0.1, -0.05) is 15.9 Å². The van der Waals surface area contributed by atoms with E-state index in [-0.39, 0.29) is 26.2 Å². The Morgan fingerprint density at radius 3 is 2.52 bits per heavy atom. The number of carbonyl (C=O) groups is 2. The van der Waals surface area contributed by atoms with Gasteiger partial charge in [-0.05, 0) is 20.8 Å². The van der Waals surface area contributed by atoms with Crippen LogP contribution in [0.5, 0.6) is 0 Å². The highest BCUT2D eigenvalue weighted by atomic mass is 79.9. The lowest BCUT2D eigenvalue weighted by Gasteiger charge is -2.44. The zero-order valence-electron chi connectivity index (χ0n) is 17.0. The van der Waals surface area contributed by atoms with E-state index in [0.29, 0.717) is 6.42 Å². The summed E-state index contributed by atoms with van der Waals surface area (Å²) in [6.45, 7) is 5.53. The summed E-state index contributed by atoms with van der Waals surface area (Å²) in [5.41, 5.74) is 6.16. The number of hydrogen-bond donors (Lipinski definition) is 2. The second kappa shape index (κ2) is 10.1. The van der Waals surface area contributed by atoms with E-state index in [2.05, 4.69) is 21.2 Å². The fourth-order valence-corrected chi connectivity index (χ4v) is 5.10. The summed E-state index contributed by atoms with van der Waals surface area (Å²) in [5.74, 6) is -0.504. The first-order valence-corrected chi connectivity index (χ1v) is 11.8. The molecule has 0 aromatic heterocycles. The predicted octanol–water partition coefficient (Wildman–Crippen LogP) is 1.35. The van der Waals surface area contributed by atoms with Crippen LogP contribution in [-0.4, -0.2) is 79.0 Å². The first kappa shape index (κ1) is 24.7. The highest BCUT2D eigenvalue weighted by Crippen LogP contribution is 2.48. The van der Waals surface area contributed by atoms with Crippen molar-refractivity contribution < 1.29 is 37.4 Å². The summed E-state index contributed by atoms with van der Waals surface area (Å²) in [4.78, 5) is 25.8. The smallest absolute Gasteiger partial charge is 0.356 e. The Morgan fingerprint density at radius 2 is 1.97 bits per heavy atom. The molecule has 2 heterocycles. The van der Waals surface area contributed by atoms with Crippen molar-refractivity contribution in [3.8, 4) is 0 Å². The lowest BCUT2D eigenvalue weighted by atomic mass is 10.0. The van der Waals surface area contributed by atoms with Gasteiger partial charge in [0.2, 0.25) is 5.91 Å². The number of carbonyl (C=O) groups excluding carboxylic acids is 2. The van der Waals surface area contributed by atoms with Crippen molar-refractivity contribution in [1.82, 2.24) is 10.2 Å². The Bertz CT molecular complexity index is 642. The third-order valence-electron chi connectivity index (χ3n) is 4.62. The molecule has 29 heavy (non-hydrogen) atoms. The van der Waals surface area contributed by atoms with Crippen LogP contribution in [-0.2, 0) is 32.6 Å². The number of rotatable bonds is 10. The van der Waals surface area contributed by atoms with Crippen LogP contribution in [0.15, 0.2) is 0 Å². The van der Waals surface area contributed by atoms with Gasteiger partial charge in [0, 0.05) is 19.6 Å². The number of halogens is 1. The Kier molecular flexibility index (Phi) is 8.63. The molecule has 0 aromatic carbocycles. The summed E-state index contributed by atoms with van der Waals surface area (Å²) in [5, 5.41) is 2.28. The molecule has 0 spiro atoms.